The Morgan fingerprint density at radius 2 is 2.27 bits per heavy atom. The third kappa shape index (κ3) is 3.00. The molecule has 0 aliphatic carbocycles. The molecule has 82 valence electrons. The Balaban J connectivity index is 1.94. The number of rotatable bonds is 3. The van der Waals surface area contributed by atoms with E-state index < -0.39 is 0 Å². The molecule has 0 amide bonds. The minimum Gasteiger partial charge on any atom is -0.489 e. The minimum absolute atomic E-state index is 0.194. The summed E-state index contributed by atoms with van der Waals surface area (Å²) in [6, 6.07) is 5.19. The Labute approximate surface area is 99.1 Å². The maximum absolute atomic E-state index is 5.96. The second-order valence-electron chi connectivity index (χ2n) is 3.52. The van der Waals surface area contributed by atoms with Crippen LogP contribution in [0.1, 0.15) is 12.8 Å². The molecule has 0 spiro atoms. The van der Waals surface area contributed by atoms with Gasteiger partial charge in [0.15, 0.2) is 0 Å². The standard InChI is InChI=1S/C11H12Cl2O2/c12-8-3-4-10(13)11(6-8)15-7-9-2-1-5-14-9/h3-4,6,9H,1-2,5,7H2. The van der Waals surface area contributed by atoms with Gasteiger partial charge in [0.25, 0.3) is 0 Å². The van der Waals surface area contributed by atoms with Crippen LogP contribution in [0.3, 0.4) is 0 Å². The molecule has 1 saturated heterocycles. The zero-order chi connectivity index (χ0) is 10.7. The normalized spacial score (nSPS) is 20.5. The zero-order valence-corrected chi connectivity index (χ0v) is 9.72. The highest BCUT2D eigenvalue weighted by Gasteiger charge is 2.16. The molecular formula is C11H12Cl2O2. The Morgan fingerprint density at radius 1 is 1.40 bits per heavy atom. The molecule has 1 aliphatic rings. The fraction of sp³-hybridized carbons (Fsp3) is 0.455. The molecule has 0 bridgehead atoms. The molecule has 1 aromatic carbocycles. The van der Waals surface area contributed by atoms with Gasteiger partial charge in [-0.3, -0.25) is 0 Å². The second kappa shape index (κ2) is 5.06. The fourth-order valence-electron chi connectivity index (χ4n) is 1.55. The zero-order valence-electron chi connectivity index (χ0n) is 8.21. The first-order chi connectivity index (χ1) is 7.25. The van der Waals surface area contributed by atoms with Crippen molar-refractivity contribution in [2.24, 2.45) is 0 Å². The largest absolute Gasteiger partial charge is 0.489 e. The van der Waals surface area contributed by atoms with Gasteiger partial charge in [0.2, 0.25) is 0 Å². The third-order valence-corrected chi connectivity index (χ3v) is 2.89. The maximum atomic E-state index is 5.96. The van der Waals surface area contributed by atoms with Crippen molar-refractivity contribution in [3.8, 4) is 5.75 Å². The molecule has 2 rings (SSSR count). The lowest BCUT2D eigenvalue weighted by Crippen LogP contribution is -2.16. The summed E-state index contributed by atoms with van der Waals surface area (Å²) in [4.78, 5) is 0. The van der Waals surface area contributed by atoms with Gasteiger partial charge < -0.3 is 9.47 Å². The van der Waals surface area contributed by atoms with E-state index >= 15 is 0 Å². The fourth-order valence-corrected chi connectivity index (χ4v) is 1.88. The van der Waals surface area contributed by atoms with Crippen LogP contribution >= 0.6 is 23.2 Å². The Morgan fingerprint density at radius 3 is 3.00 bits per heavy atom. The molecule has 1 unspecified atom stereocenters. The first kappa shape index (κ1) is 11.1. The van der Waals surface area contributed by atoms with E-state index in [1.807, 2.05) is 0 Å². The Hall–Kier alpha value is -0.440. The van der Waals surface area contributed by atoms with Crippen LogP contribution < -0.4 is 4.74 Å². The lowest BCUT2D eigenvalue weighted by Gasteiger charge is -2.12. The second-order valence-corrected chi connectivity index (χ2v) is 4.36. The van der Waals surface area contributed by atoms with Crippen LogP contribution in [0.15, 0.2) is 18.2 Å². The van der Waals surface area contributed by atoms with Crippen molar-refractivity contribution in [2.75, 3.05) is 13.2 Å². The quantitative estimate of drug-likeness (QED) is 0.813. The molecule has 4 heteroatoms. The molecule has 0 radical (unpaired) electrons. The van der Waals surface area contributed by atoms with Crippen LogP contribution in [0.5, 0.6) is 5.75 Å². The van der Waals surface area contributed by atoms with Gasteiger partial charge in [-0.2, -0.15) is 0 Å². The number of ether oxygens (including phenoxy) is 2. The van der Waals surface area contributed by atoms with Crippen LogP contribution in [0.4, 0.5) is 0 Å². The van der Waals surface area contributed by atoms with E-state index in [9.17, 15) is 0 Å². The number of hydrogen-bond donors (Lipinski definition) is 0. The van der Waals surface area contributed by atoms with Gasteiger partial charge in [-0.15, -0.1) is 0 Å². The summed E-state index contributed by atoms with van der Waals surface area (Å²) in [6.45, 7) is 1.37. The predicted molar refractivity (Wildman–Crippen MR) is 60.9 cm³/mol. The highest BCUT2D eigenvalue weighted by Crippen LogP contribution is 2.28. The maximum Gasteiger partial charge on any atom is 0.139 e. The average Bonchev–Trinajstić information content (AvgIpc) is 2.72. The SMILES string of the molecule is Clc1ccc(Cl)c(OCC2CCCO2)c1. The Kier molecular flexibility index (Phi) is 3.73. The summed E-state index contributed by atoms with van der Waals surface area (Å²) in [7, 11) is 0. The summed E-state index contributed by atoms with van der Waals surface area (Å²) >= 11 is 11.8. The molecule has 2 nitrogen and oxygen atoms in total. The molecule has 15 heavy (non-hydrogen) atoms. The minimum atomic E-state index is 0.194. The molecule has 1 aliphatic heterocycles. The molecular weight excluding hydrogens is 235 g/mol. The van der Waals surface area contributed by atoms with Gasteiger partial charge in [-0.05, 0) is 25.0 Å². The van der Waals surface area contributed by atoms with Crippen molar-refractivity contribution in [3.05, 3.63) is 28.2 Å². The van der Waals surface area contributed by atoms with E-state index in [0.29, 0.717) is 22.4 Å². The monoisotopic (exact) mass is 246 g/mol. The van der Waals surface area contributed by atoms with E-state index in [4.69, 9.17) is 32.7 Å². The topological polar surface area (TPSA) is 18.5 Å². The van der Waals surface area contributed by atoms with E-state index in [0.717, 1.165) is 19.4 Å². The molecule has 1 atom stereocenters. The van der Waals surface area contributed by atoms with Crippen molar-refractivity contribution in [1.29, 1.82) is 0 Å². The van der Waals surface area contributed by atoms with E-state index in [2.05, 4.69) is 0 Å². The molecule has 0 saturated carbocycles. The van der Waals surface area contributed by atoms with E-state index in [1.165, 1.54) is 0 Å². The third-order valence-electron chi connectivity index (χ3n) is 2.34. The van der Waals surface area contributed by atoms with Gasteiger partial charge in [0, 0.05) is 17.7 Å². The van der Waals surface area contributed by atoms with Gasteiger partial charge in [-0.25, -0.2) is 0 Å². The van der Waals surface area contributed by atoms with Gasteiger partial charge in [0.05, 0.1) is 11.1 Å². The van der Waals surface area contributed by atoms with Gasteiger partial charge >= 0.3 is 0 Å². The first-order valence-corrected chi connectivity index (χ1v) is 5.71. The van der Waals surface area contributed by atoms with Crippen LogP contribution in [0.25, 0.3) is 0 Å². The number of benzene rings is 1. The van der Waals surface area contributed by atoms with E-state index in [1.54, 1.807) is 18.2 Å². The van der Waals surface area contributed by atoms with Crippen molar-refractivity contribution in [3.63, 3.8) is 0 Å². The van der Waals surface area contributed by atoms with Crippen molar-refractivity contribution >= 4 is 23.2 Å². The highest BCUT2D eigenvalue weighted by molar-refractivity contribution is 6.34. The summed E-state index contributed by atoms with van der Waals surface area (Å²) in [5.41, 5.74) is 0. The lowest BCUT2D eigenvalue weighted by atomic mass is 10.2. The van der Waals surface area contributed by atoms with Crippen LogP contribution in [-0.2, 0) is 4.74 Å². The molecule has 1 fully saturated rings. The number of hydrogen-bond acceptors (Lipinski definition) is 2. The lowest BCUT2D eigenvalue weighted by molar-refractivity contribution is 0.0680. The summed E-state index contributed by atoms with van der Waals surface area (Å²) in [6.07, 6.45) is 2.36. The Bertz CT molecular complexity index is 335. The van der Waals surface area contributed by atoms with Crippen molar-refractivity contribution < 1.29 is 9.47 Å². The van der Waals surface area contributed by atoms with Crippen molar-refractivity contribution in [1.82, 2.24) is 0 Å². The van der Waals surface area contributed by atoms with Crippen LogP contribution in [0.2, 0.25) is 10.0 Å². The summed E-state index contributed by atoms with van der Waals surface area (Å²) in [5, 5.41) is 1.21. The van der Waals surface area contributed by atoms with Crippen LogP contribution in [0, 0.1) is 0 Å². The first-order valence-electron chi connectivity index (χ1n) is 4.95. The predicted octanol–water partition coefficient (Wildman–Crippen LogP) is 3.55. The highest BCUT2D eigenvalue weighted by atomic mass is 35.5. The molecule has 1 heterocycles. The van der Waals surface area contributed by atoms with Crippen molar-refractivity contribution in [2.45, 2.75) is 18.9 Å². The smallest absolute Gasteiger partial charge is 0.139 e. The van der Waals surface area contributed by atoms with Crippen LogP contribution in [-0.4, -0.2) is 19.3 Å². The van der Waals surface area contributed by atoms with Gasteiger partial charge in [0.1, 0.15) is 12.4 Å². The molecule has 1 aromatic rings. The average molecular weight is 247 g/mol. The van der Waals surface area contributed by atoms with E-state index in [-0.39, 0.29) is 6.10 Å². The molecule has 0 aromatic heterocycles. The number of halogens is 2. The summed E-state index contributed by atoms with van der Waals surface area (Å²) < 4.78 is 11.0. The van der Waals surface area contributed by atoms with Gasteiger partial charge in [-0.1, -0.05) is 23.2 Å². The molecule has 0 N–H and O–H groups in total. The summed E-state index contributed by atoms with van der Waals surface area (Å²) in [5.74, 6) is 0.625.